The third kappa shape index (κ3) is 2.52. The first-order chi connectivity index (χ1) is 7.34. The van der Waals surface area contributed by atoms with Crippen LogP contribution in [0.25, 0.3) is 0 Å². The quantitative estimate of drug-likeness (QED) is 0.752. The maximum absolute atomic E-state index is 10.6. The number of carbonyl (C=O) groups is 1. The lowest BCUT2D eigenvalue weighted by molar-refractivity contribution is -0.153. The molecule has 16 heavy (non-hydrogen) atoms. The van der Waals surface area contributed by atoms with Gasteiger partial charge in [0.1, 0.15) is 6.10 Å². The number of carboxylic acids is 1. The molecule has 1 aromatic carbocycles. The molecular weight excluding hydrogens is 232 g/mol. The van der Waals surface area contributed by atoms with Crippen LogP contribution in [0.2, 0.25) is 5.02 Å². The molecule has 1 rings (SSSR count). The second-order valence-electron chi connectivity index (χ2n) is 3.68. The first-order valence-electron chi connectivity index (χ1n) is 4.70. The molecule has 0 amide bonds. The van der Waals surface area contributed by atoms with Crippen molar-refractivity contribution in [3.63, 3.8) is 0 Å². The van der Waals surface area contributed by atoms with Crippen LogP contribution in [-0.2, 0) is 4.79 Å². The van der Waals surface area contributed by atoms with Crippen molar-refractivity contribution in [3.8, 4) is 0 Å². The zero-order valence-corrected chi connectivity index (χ0v) is 9.69. The van der Waals surface area contributed by atoms with Crippen LogP contribution in [0.3, 0.4) is 0 Å². The summed E-state index contributed by atoms with van der Waals surface area (Å²) < 4.78 is 0. The van der Waals surface area contributed by atoms with Crippen molar-refractivity contribution in [1.29, 1.82) is 0 Å². The van der Waals surface area contributed by atoms with E-state index in [4.69, 9.17) is 16.7 Å². The van der Waals surface area contributed by atoms with Crippen LogP contribution in [0, 0.1) is 13.8 Å². The SMILES string of the molecule is Cc1cc(Cl)cc(C)c1C(O)C(O)C(=O)O. The van der Waals surface area contributed by atoms with E-state index in [1.54, 1.807) is 26.0 Å². The summed E-state index contributed by atoms with van der Waals surface area (Å²) in [6, 6.07) is 3.23. The van der Waals surface area contributed by atoms with Crippen molar-refractivity contribution in [2.45, 2.75) is 26.1 Å². The lowest BCUT2D eigenvalue weighted by Crippen LogP contribution is -2.28. The largest absolute Gasteiger partial charge is 0.479 e. The van der Waals surface area contributed by atoms with Gasteiger partial charge in [0.05, 0.1) is 0 Å². The summed E-state index contributed by atoms with van der Waals surface area (Å²) >= 11 is 5.81. The fourth-order valence-electron chi connectivity index (χ4n) is 1.68. The molecule has 0 spiro atoms. The molecule has 0 saturated carbocycles. The van der Waals surface area contributed by atoms with Gasteiger partial charge in [-0.2, -0.15) is 0 Å². The van der Waals surface area contributed by atoms with Crippen molar-refractivity contribution in [2.75, 3.05) is 0 Å². The molecule has 1 aromatic rings. The van der Waals surface area contributed by atoms with E-state index in [1.807, 2.05) is 0 Å². The Labute approximate surface area is 98.1 Å². The summed E-state index contributed by atoms with van der Waals surface area (Å²) in [5.41, 5.74) is 1.70. The summed E-state index contributed by atoms with van der Waals surface area (Å²) in [7, 11) is 0. The standard InChI is InChI=1S/C11H13ClO4/c1-5-3-7(12)4-6(2)8(5)9(13)10(14)11(15)16/h3-4,9-10,13-14H,1-2H3,(H,15,16). The van der Waals surface area contributed by atoms with E-state index in [0.717, 1.165) is 0 Å². The molecular formula is C11H13ClO4. The van der Waals surface area contributed by atoms with E-state index in [0.29, 0.717) is 21.7 Å². The minimum atomic E-state index is -1.83. The van der Waals surface area contributed by atoms with Crippen LogP contribution >= 0.6 is 11.6 Å². The fraction of sp³-hybridized carbons (Fsp3) is 0.364. The molecule has 0 bridgehead atoms. The number of hydrogen-bond acceptors (Lipinski definition) is 3. The first kappa shape index (κ1) is 13.0. The second kappa shape index (κ2) is 4.82. The summed E-state index contributed by atoms with van der Waals surface area (Å²) in [4.78, 5) is 10.6. The summed E-state index contributed by atoms with van der Waals surface area (Å²) in [6.45, 7) is 3.40. The third-order valence-corrected chi connectivity index (χ3v) is 2.62. The van der Waals surface area contributed by atoms with Crippen LogP contribution < -0.4 is 0 Å². The van der Waals surface area contributed by atoms with Crippen molar-refractivity contribution < 1.29 is 20.1 Å². The first-order valence-corrected chi connectivity index (χ1v) is 5.08. The van der Waals surface area contributed by atoms with Gasteiger partial charge in [-0.15, -0.1) is 0 Å². The number of carboxylic acid groups (broad SMARTS) is 1. The molecule has 3 N–H and O–H groups in total. The van der Waals surface area contributed by atoms with E-state index in [-0.39, 0.29) is 0 Å². The Morgan fingerprint density at radius 3 is 2.06 bits per heavy atom. The van der Waals surface area contributed by atoms with Gasteiger partial charge < -0.3 is 15.3 Å². The second-order valence-corrected chi connectivity index (χ2v) is 4.12. The van der Waals surface area contributed by atoms with Gasteiger partial charge in [-0.3, -0.25) is 0 Å². The minimum absolute atomic E-state index is 0.402. The van der Waals surface area contributed by atoms with Crippen LogP contribution in [0.15, 0.2) is 12.1 Å². The number of aryl methyl sites for hydroxylation is 2. The zero-order valence-electron chi connectivity index (χ0n) is 8.94. The fourth-order valence-corrected chi connectivity index (χ4v) is 2.01. The molecule has 0 saturated heterocycles. The highest BCUT2D eigenvalue weighted by Gasteiger charge is 2.27. The number of rotatable bonds is 3. The average Bonchev–Trinajstić information content (AvgIpc) is 2.14. The molecule has 0 aliphatic heterocycles. The smallest absolute Gasteiger partial charge is 0.335 e. The summed E-state index contributed by atoms with van der Waals surface area (Å²) in [5.74, 6) is -1.46. The normalized spacial score (nSPS) is 14.6. The molecule has 0 fully saturated rings. The van der Waals surface area contributed by atoms with Crippen LogP contribution in [-0.4, -0.2) is 27.4 Å². The molecule has 0 aliphatic rings. The molecule has 88 valence electrons. The van der Waals surface area contributed by atoms with Gasteiger partial charge in [0, 0.05) is 5.02 Å². The Bertz CT molecular complexity index is 393. The summed E-state index contributed by atoms with van der Waals surface area (Å²) in [5, 5.41) is 28.1. The highest BCUT2D eigenvalue weighted by atomic mass is 35.5. The van der Waals surface area contributed by atoms with Crippen molar-refractivity contribution in [3.05, 3.63) is 33.8 Å². The van der Waals surface area contributed by atoms with E-state index in [1.165, 1.54) is 0 Å². The molecule has 4 nitrogen and oxygen atoms in total. The number of aliphatic carboxylic acids is 1. The van der Waals surface area contributed by atoms with Gasteiger partial charge in [0.25, 0.3) is 0 Å². The van der Waals surface area contributed by atoms with E-state index < -0.39 is 18.2 Å². The topological polar surface area (TPSA) is 77.8 Å². The predicted molar refractivity (Wildman–Crippen MR) is 59.5 cm³/mol. The molecule has 5 heteroatoms. The Morgan fingerprint density at radius 2 is 1.69 bits per heavy atom. The number of hydrogen-bond donors (Lipinski definition) is 3. The van der Waals surface area contributed by atoms with Crippen LogP contribution in [0.4, 0.5) is 0 Å². The number of benzene rings is 1. The lowest BCUT2D eigenvalue weighted by atomic mass is 9.95. The van der Waals surface area contributed by atoms with Gasteiger partial charge in [0.15, 0.2) is 6.10 Å². The lowest BCUT2D eigenvalue weighted by Gasteiger charge is -2.19. The van der Waals surface area contributed by atoms with Crippen molar-refractivity contribution in [2.24, 2.45) is 0 Å². The molecule has 2 atom stereocenters. The van der Waals surface area contributed by atoms with Gasteiger partial charge in [-0.1, -0.05) is 11.6 Å². The Kier molecular flexibility index (Phi) is 3.91. The average molecular weight is 245 g/mol. The van der Waals surface area contributed by atoms with Crippen molar-refractivity contribution in [1.82, 2.24) is 0 Å². The maximum Gasteiger partial charge on any atom is 0.335 e. The molecule has 2 unspecified atom stereocenters. The minimum Gasteiger partial charge on any atom is -0.479 e. The zero-order chi connectivity index (χ0) is 12.5. The van der Waals surface area contributed by atoms with Gasteiger partial charge in [-0.05, 0) is 42.7 Å². The highest BCUT2D eigenvalue weighted by molar-refractivity contribution is 6.30. The van der Waals surface area contributed by atoms with Gasteiger partial charge in [0.2, 0.25) is 0 Å². The van der Waals surface area contributed by atoms with Gasteiger partial charge >= 0.3 is 5.97 Å². The predicted octanol–water partition coefficient (Wildman–Crippen LogP) is 1.44. The van der Waals surface area contributed by atoms with Crippen LogP contribution in [0.5, 0.6) is 0 Å². The van der Waals surface area contributed by atoms with E-state index in [2.05, 4.69) is 0 Å². The van der Waals surface area contributed by atoms with E-state index in [9.17, 15) is 15.0 Å². The van der Waals surface area contributed by atoms with Crippen molar-refractivity contribution >= 4 is 17.6 Å². The maximum atomic E-state index is 10.6. The number of halogens is 1. The monoisotopic (exact) mass is 244 g/mol. The number of aliphatic hydroxyl groups excluding tert-OH is 2. The Balaban J connectivity index is 3.18. The third-order valence-electron chi connectivity index (χ3n) is 2.41. The summed E-state index contributed by atoms with van der Waals surface area (Å²) in [6.07, 6.45) is -3.28. The Morgan fingerprint density at radius 1 is 1.25 bits per heavy atom. The molecule has 0 heterocycles. The Hall–Kier alpha value is -1.10. The highest BCUT2D eigenvalue weighted by Crippen LogP contribution is 2.27. The molecule has 0 radical (unpaired) electrons. The molecule has 0 aliphatic carbocycles. The van der Waals surface area contributed by atoms with E-state index >= 15 is 0 Å². The molecule has 0 aromatic heterocycles. The van der Waals surface area contributed by atoms with Crippen LogP contribution in [0.1, 0.15) is 22.8 Å². The van der Waals surface area contributed by atoms with Gasteiger partial charge in [-0.25, -0.2) is 4.79 Å². The number of aliphatic hydroxyl groups is 2.